The standard InChI is InChI=1S/C14H28N2O/c1-4-6-10-15(3)14(17)12-16-11-8-7-9-13(16)5-2/h13H,4-12H2,1-3H3. The molecular weight excluding hydrogens is 212 g/mol. The van der Waals surface area contributed by atoms with E-state index in [0.29, 0.717) is 18.5 Å². The molecule has 1 unspecified atom stereocenters. The summed E-state index contributed by atoms with van der Waals surface area (Å²) in [7, 11) is 1.93. The molecule has 1 saturated heterocycles. The molecular formula is C14H28N2O. The fourth-order valence-electron chi connectivity index (χ4n) is 2.54. The molecule has 100 valence electrons. The van der Waals surface area contributed by atoms with Crippen molar-refractivity contribution in [2.75, 3.05) is 26.7 Å². The number of carbonyl (C=O) groups is 1. The van der Waals surface area contributed by atoms with E-state index in [1.54, 1.807) is 0 Å². The molecule has 3 heteroatoms. The number of amides is 1. The second kappa shape index (κ2) is 7.70. The Morgan fingerprint density at radius 1 is 1.35 bits per heavy atom. The van der Waals surface area contributed by atoms with Crippen LogP contribution < -0.4 is 0 Å². The maximum atomic E-state index is 12.1. The SMILES string of the molecule is CCCCN(C)C(=O)CN1CCCCC1CC. The van der Waals surface area contributed by atoms with Crippen LogP contribution in [-0.4, -0.2) is 48.4 Å². The van der Waals surface area contributed by atoms with Crippen LogP contribution in [0.4, 0.5) is 0 Å². The predicted octanol–water partition coefficient (Wildman–Crippen LogP) is 2.51. The third-order valence-corrected chi connectivity index (χ3v) is 3.83. The zero-order valence-corrected chi connectivity index (χ0v) is 11.7. The van der Waals surface area contributed by atoms with Gasteiger partial charge in [0.2, 0.25) is 5.91 Å². The average molecular weight is 240 g/mol. The van der Waals surface area contributed by atoms with Crippen molar-refractivity contribution >= 4 is 5.91 Å². The molecule has 1 rings (SSSR count). The van der Waals surface area contributed by atoms with Crippen molar-refractivity contribution in [3.8, 4) is 0 Å². The van der Waals surface area contributed by atoms with Gasteiger partial charge in [-0.05, 0) is 32.2 Å². The van der Waals surface area contributed by atoms with Crippen LogP contribution in [0, 0.1) is 0 Å². The molecule has 1 amide bonds. The van der Waals surface area contributed by atoms with Crippen molar-refractivity contribution in [1.29, 1.82) is 0 Å². The topological polar surface area (TPSA) is 23.6 Å². The smallest absolute Gasteiger partial charge is 0.236 e. The first-order valence-electron chi connectivity index (χ1n) is 7.17. The molecule has 1 aliphatic heterocycles. The molecule has 0 saturated carbocycles. The number of unbranched alkanes of at least 4 members (excludes halogenated alkanes) is 1. The summed E-state index contributed by atoms with van der Waals surface area (Å²) in [5, 5.41) is 0. The Kier molecular flexibility index (Phi) is 6.56. The van der Waals surface area contributed by atoms with Crippen LogP contribution in [0.25, 0.3) is 0 Å². The summed E-state index contributed by atoms with van der Waals surface area (Å²) < 4.78 is 0. The Hall–Kier alpha value is -0.570. The molecule has 1 atom stereocenters. The molecule has 0 aliphatic carbocycles. The van der Waals surface area contributed by atoms with Crippen LogP contribution >= 0.6 is 0 Å². The second-order valence-corrected chi connectivity index (χ2v) is 5.20. The highest BCUT2D eigenvalue weighted by atomic mass is 16.2. The number of nitrogens with zero attached hydrogens (tertiary/aromatic N) is 2. The van der Waals surface area contributed by atoms with Crippen molar-refractivity contribution in [1.82, 2.24) is 9.80 Å². The zero-order chi connectivity index (χ0) is 12.7. The van der Waals surface area contributed by atoms with Gasteiger partial charge < -0.3 is 4.90 Å². The molecule has 0 bridgehead atoms. The first-order chi connectivity index (χ1) is 8.19. The lowest BCUT2D eigenvalue weighted by molar-refractivity contribution is -0.132. The predicted molar refractivity (Wildman–Crippen MR) is 72.0 cm³/mol. The Labute approximate surface area is 106 Å². The zero-order valence-electron chi connectivity index (χ0n) is 11.7. The summed E-state index contributed by atoms with van der Waals surface area (Å²) in [5.41, 5.74) is 0. The highest BCUT2D eigenvalue weighted by molar-refractivity contribution is 5.78. The van der Waals surface area contributed by atoms with Crippen molar-refractivity contribution in [3.05, 3.63) is 0 Å². The Bertz CT molecular complexity index is 230. The third-order valence-electron chi connectivity index (χ3n) is 3.83. The van der Waals surface area contributed by atoms with E-state index in [9.17, 15) is 4.79 Å². The van der Waals surface area contributed by atoms with Gasteiger partial charge in [0.15, 0.2) is 0 Å². The second-order valence-electron chi connectivity index (χ2n) is 5.20. The van der Waals surface area contributed by atoms with Crippen LogP contribution in [-0.2, 0) is 4.79 Å². The first kappa shape index (κ1) is 14.5. The number of carbonyl (C=O) groups excluding carboxylic acids is 1. The maximum Gasteiger partial charge on any atom is 0.236 e. The van der Waals surface area contributed by atoms with E-state index in [-0.39, 0.29) is 0 Å². The highest BCUT2D eigenvalue weighted by Crippen LogP contribution is 2.19. The van der Waals surface area contributed by atoms with Gasteiger partial charge in [0.25, 0.3) is 0 Å². The minimum absolute atomic E-state index is 0.291. The van der Waals surface area contributed by atoms with Gasteiger partial charge >= 0.3 is 0 Å². The van der Waals surface area contributed by atoms with Gasteiger partial charge in [-0.15, -0.1) is 0 Å². The number of likely N-dealkylation sites (tertiary alicyclic amines) is 1. The van der Waals surface area contributed by atoms with Crippen molar-refractivity contribution in [2.24, 2.45) is 0 Å². The summed E-state index contributed by atoms with van der Waals surface area (Å²) >= 11 is 0. The molecule has 3 nitrogen and oxygen atoms in total. The minimum atomic E-state index is 0.291. The molecule has 0 N–H and O–H groups in total. The third kappa shape index (κ3) is 4.66. The van der Waals surface area contributed by atoms with Gasteiger partial charge in [0.1, 0.15) is 0 Å². The van der Waals surface area contributed by atoms with Gasteiger partial charge in [0, 0.05) is 19.6 Å². The van der Waals surface area contributed by atoms with Crippen LogP contribution in [0.3, 0.4) is 0 Å². The van der Waals surface area contributed by atoms with Crippen LogP contribution in [0.5, 0.6) is 0 Å². The van der Waals surface area contributed by atoms with E-state index in [2.05, 4.69) is 18.7 Å². The van der Waals surface area contributed by atoms with Gasteiger partial charge in [0.05, 0.1) is 6.54 Å². The van der Waals surface area contributed by atoms with Crippen LogP contribution in [0.1, 0.15) is 52.4 Å². The summed E-state index contributed by atoms with van der Waals surface area (Å²) in [5.74, 6) is 0.291. The van der Waals surface area contributed by atoms with Crippen LogP contribution in [0.15, 0.2) is 0 Å². The van der Waals surface area contributed by atoms with E-state index in [0.717, 1.165) is 25.9 Å². The largest absolute Gasteiger partial charge is 0.345 e. The number of likely N-dealkylation sites (N-methyl/N-ethyl adjacent to an activating group) is 1. The molecule has 0 aromatic heterocycles. The summed E-state index contributed by atoms with van der Waals surface area (Å²) in [6, 6.07) is 0.632. The molecule has 0 aromatic rings. The van der Waals surface area contributed by atoms with E-state index < -0.39 is 0 Å². The number of piperidine rings is 1. The number of rotatable bonds is 6. The summed E-state index contributed by atoms with van der Waals surface area (Å²) in [6.07, 6.45) is 7.28. The molecule has 1 heterocycles. The van der Waals surface area contributed by atoms with E-state index >= 15 is 0 Å². The van der Waals surface area contributed by atoms with Crippen molar-refractivity contribution in [3.63, 3.8) is 0 Å². The Morgan fingerprint density at radius 2 is 2.12 bits per heavy atom. The minimum Gasteiger partial charge on any atom is -0.345 e. The van der Waals surface area contributed by atoms with E-state index in [1.165, 1.54) is 25.7 Å². The molecule has 17 heavy (non-hydrogen) atoms. The first-order valence-corrected chi connectivity index (χ1v) is 7.17. The summed E-state index contributed by atoms with van der Waals surface area (Å²) in [4.78, 5) is 16.3. The lowest BCUT2D eigenvalue weighted by Gasteiger charge is -2.35. The van der Waals surface area contributed by atoms with Gasteiger partial charge in [-0.1, -0.05) is 26.7 Å². The lowest BCUT2D eigenvalue weighted by atomic mass is 10.00. The van der Waals surface area contributed by atoms with Crippen molar-refractivity contribution in [2.45, 2.75) is 58.4 Å². The maximum absolute atomic E-state index is 12.1. The van der Waals surface area contributed by atoms with Gasteiger partial charge in [-0.25, -0.2) is 0 Å². The average Bonchev–Trinajstić information content (AvgIpc) is 2.36. The lowest BCUT2D eigenvalue weighted by Crippen LogP contribution is -2.45. The fraction of sp³-hybridized carbons (Fsp3) is 0.929. The normalized spacial score (nSPS) is 21.5. The van der Waals surface area contributed by atoms with Gasteiger partial charge in [-0.2, -0.15) is 0 Å². The molecule has 0 radical (unpaired) electrons. The fourth-order valence-corrected chi connectivity index (χ4v) is 2.54. The summed E-state index contributed by atoms with van der Waals surface area (Å²) in [6.45, 7) is 7.02. The highest BCUT2D eigenvalue weighted by Gasteiger charge is 2.23. The number of hydrogen-bond donors (Lipinski definition) is 0. The molecule has 1 fully saturated rings. The molecule has 0 aromatic carbocycles. The van der Waals surface area contributed by atoms with E-state index in [1.807, 2.05) is 11.9 Å². The van der Waals surface area contributed by atoms with Gasteiger partial charge in [-0.3, -0.25) is 9.69 Å². The Morgan fingerprint density at radius 3 is 2.76 bits per heavy atom. The number of hydrogen-bond acceptors (Lipinski definition) is 2. The van der Waals surface area contributed by atoms with E-state index in [4.69, 9.17) is 0 Å². The molecule has 1 aliphatic rings. The quantitative estimate of drug-likeness (QED) is 0.712. The molecule has 0 spiro atoms. The van der Waals surface area contributed by atoms with Crippen molar-refractivity contribution < 1.29 is 4.79 Å². The monoisotopic (exact) mass is 240 g/mol. The van der Waals surface area contributed by atoms with Crippen LogP contribution in [0.2, 0.25) is 0 Å². The Balaban J connectivity index is 2.37.